The van der Waals surface area contributed by atoms with E-state index in [1.165, 1.54) is 24.5 Å². The molecule has 0 saturated carbocycles. The second-order valence-electron chi connectivity index (χ2n) is 3.23. The molecular weight excluding hydrogens is 221 g/mol. The van der Waals surface area contributed by atoms with E-state index in [0.29, 0.717) is 0 Å². The first kappa shape index (κ1) is 10.7. The topological polar surface area (TPSA) is 30.2 Å². The number of benzene rings is 1. The van der Waals surface area contributed by atoms with Crippen molar-refractivity contribution in [2.75, 3.05) is 0 Å². The molecule has 0 aliphatic carbocycles. The third kappa shape index (κ3) is 2.24. The van der Waals surface area contributed by atoms with Gasteiger partial charge in [0.25, 0.3) is 0 Å². The molecule has 0 amide bonds. The molecule has 83 valence electrons. The number of halogens is 3. The predicted octanol–water partition coefficient (Wildman–Crippen LogP) is 2.91. The fraction of sp³-hybridized carbons (Fsp3) is 0.0909. The Kier molecular flexibility index (Phi) is 2.46. The summed E-state index contributed by atoms with van der Waals surface area (Å²) in [6.45, 7) is 0. The minimum atomic E-state index is -4.40. The molecule has 16 heavy (non-hydrogen) atoms. The summed E-state index contributed by atoms with van der Waals surface area (Å²) in [6.07, 6.45) is -3.06. The van der Waals surface area contributed by atoms with Crippen LogP contribution in [0.4, 0.5) is 13.2 Å². The van der Waals surface area contributed by atoms with Crippen LogP contribution >= 0.6 is 0 Å². The zero-order valence-electron chi connectivity index (χ0n) is 7.91. The van der Waals surface area contributed by atoms with Gasteiger partial charge in [-0.25, -0.2) is 0 Å². The highest BCUT2D eigenvalue weighted by molar-refractivity contribution is 5.77. The maximum absolute atomic E-state index is 12.1. The molecule has 1 aromatic heterocycles. The third-order valence-electron chi connectivity index (χ3n) is 2.01. The molecule has 0 aliphatic rings. The van der Waals surface area contributed by atoms with Gasteiger partial charge in [0.1, 0.15) is 5.58 Å². The first-order valence-electron chi connectivity index (χ1n) is 4.40. The highest BCUT2D eigenvalue weighted by Crippen LogP contribution is 2.24. The average Bonchev–Trinajstić information content (AvgIpc) is 2.17. The van der Waals surface area contributed by atoms with Crippen LogP contribution in [0.25, 0.3) is 11.0 Å². The second kappa shape index (κ2) is 3.66. The van der Waals surface area contributed by atoms with Crippen LogP contribution in [0.15, 0.2) is 39.7 Å². The lowest BCUT2D eigenvalue weighted by molar-refractivity contribution is -0.0927. The van der Waals surface area contributed by atoms with Gasteiger partial charge in [0.2, 0.25) is 0 Å². The Balaban J connectivity index is 2.52. The Labute approximate surface area is 88.3 Å². The summed E-state index contributed by atoms with van der Waals surface area (Å²) in [4.78, 5) is 11.3. The van der Waals surface area contributed by atoms with Gasteiger partial charge in [-0.2, -0.15) is 13.2 Å². The highest BCUT2D eigenvalue weighted by atomic mass is 19.4. The van der Waals surface area contributed by atoms with Crippen molar-refractivity contribution in [2.24, 2.45) is 0 Å². The normalized spacial score (nSPS) is 11.9. The lowest BCUT2D eigenvalue weighted by atomic mass is 10.1. The van der Waals surface area contributed by atoms with E-state index in [4.69, 9.17) is 4.42 Å². The minimum absolute atomic E-state index is 0.0708. The summed E-state index contributed by atoms with van der Waals surface area (Å²) in [5.74, 6) is 0. The Morgan fingerprint density at radius 1 is 1.19 bits per heavy atom. The van der Waals surface area contributed by atoms with Gasteiger partial charge in [0.05, 0.1) is 18.1 Å². The number of hydrogen-bond acceptors (Lipinski definition) is 2. The molecule has 2 aromatic rings. The summed E-state index contributed by atoms with van der Waals surface area (Å²) in [6, 6.07) is 4.92. The van der Waals surface area contributed by atoms with Gasteiger partial charge in [0, 0.05) is 6.07 Å². The fourth-order valence-corrected chi connectivity index (χ4v) is 1.38. The van der Waals surface area contributed by atoms with Crippen LogP contribution in [0.5, 0.6) is 0 Å². The van der Waals surface area contributed by atoms with E-state index >= 15 is 0 Å². The molecule has 0 atom stereocenters. The monoisotopic (exact) mass is 227 g/mol. The Bertz CT molecular complexity index is 569. The van der Waals surface area contributed by atoms with E-state index in [1.54, 1.807) is 0 Å². The number of rotatable bonds is 1. The number of fused-ring (bicyclic) bond motifs is 1. The lowest BCUT2D eigenvalue weighted by Crippen LogP contribution is -2.09. The summed E-state index contributed by atoms with van der Waals surface area (Å²) in [7, 11) is 0. The number of hydrogen-bond donors (Lipinski definition) is 0. The van der Waals surface area contributed by atoms with Crippen LogP contribution in [0.3, 0.4) is 0 Å². The van der Waals surface area contributed by atoms with Gasteiger partial charge in [-0.05, 0) is 17.7 Å². The molecular formula is C11H6F3O2. The SMILES string of the molecule is O=c1ccoc2ccc([CH]C(F)(F)F)cc12. The molecule has 0 saturated heterocycles. The smallest absolute Gasteiger partial charge is 0.396 e. The summed E-state index contributed by atoms with van der Waals surface area (Å²) in [5, 5.41) is 0.139. The van der Waals surface area contributed by atoms with Crippen molar-refractivity contribution in [2.45, 2.75) is 6.18 Å². The minimum Gasteiger partial charge on any atom is -0.464 e. The molecule has 0 N–H and O–H groups in total. The van der Waals surface area contributed by atoms with E-state index in [2.05, 4.69) is 0 Å². The van der Waals surface area contributed by atoms with Crippen molar-refractivity contribution < 1.29 is 17.6 Å². The van der Waals surface area contributed by atoms with E-state index in [9.17, 15) is 18.0 Å². The van der Waals surface area contributed by atoms with E-state index in [1.807, 2.05) is 0 Å². The molecule has 0 fully saturated rings. The van der Waals surface area contributed by atoms with Crippen molar-refractivity contribution in [3.05, 3.63) is 52.7 Å². The van der Waals surface area contributed by atoms with Gasteiger partial charge in [-0.3, -0.25) is 4.79 Å². The van der Waals surface area contributed by atoms with Crippen LogP contribution in [-0.2, 0) is 0 Å². The largest absolute Gasteiger partial charge is 0.464 e. The van der Waals surface area contributed by atoms with E-state index in [0.717, 1.165) is 6.07 Å². The third-order valence-corrected chi connectivity index (χ3v) is 2.01. The highest BCUT2D eigenvalue weighted by Gasteiger charge is 2.28. The molecule has 1 radical (unpaired) electrons. The van der Waals surface area contributed by atoms with E-state index < -0.39 is 6.18 Å². The van der Waals surface area contributed by atoms with Gasteiger partial charge in [-0.1, -0.05) is 6.07 Å². The first-order valence-corrected chi connectivity index (χ1v) is 4.40. The van der Waals surface area contributed by atoms with Crippen molar-refractivity contribution in [1.82, 2.24) is 0 Å². The summed E-state index contributed by atoms with van der Waals surface area (Å²) >= 11 is 0. The van der Waals surface area contributed by atoms with Crippen LogP contribution in [0.1, 0.15) is 5.56 Å². The van der Waals surface area contributed by atoms with Crippen LogP contribution in [-0.4, -0.2) is 6.18 Å². The molecule has 5 heteroatoms. The van der Waals surface area contributed by atoms with Crippen molar-refractivity contribution in [3.8, 4) is 0 Å². The standard InChI is InChI=1S/C11H6F3O2/c12-11(13,14)6-7-1-2-10-8(5-7)9(15)3-4-16-10/h1-6H. The van der Waals surface area contributed by atoms with Crippen LogP contribution < -0.4 is 5.43 Å². The van der Waals surface area contributed by atoms with Gasteiger partial charge >= 0.3 is 6.18 Å². The van der Waals surface area contributed by atoms with Crippen molar-refractivity contribution in [1.29, 1.82) is 0 Å². The van der Waals surface area contributed by atoms with Crippen molar-refractivity contribution in [3.63, 3.8) is 0 Å². The average molecular weight is 227 g/mol. The molecule has 1 heterocycles. The lowest BCUT2D eigenvalue weighted by Gasteiger charge is -2.05. The van der Waals surface area contributed by atoms with Crippen LogP contribution in [0, 0.1) is 6.42 Å². The Morgan fingerprint density at radius 3 is 2.62 bits per heavy atom. The maximum Gasteiger partial charge on any atom is 0.396 e. The first-order chi connectivity index (χ1) is 7.46. The zero-order valence-corrected chi connectivity index (χ0v) is 7.91. The van der Waals surface area contributed by atoms with Gasteiger partial charge in [-0.15, -0.1) is 0 Å². The second-order valence-corrected chi connectivity index (χ2v) is 3.23. The Morgan fingerprint density at radius 2 is 1.94 bits per heavy atom. The summed E-state index contributed by atoms with van der Waals surface area (Å²) in [5.41, 5.74) is -0.163. The zero-order chi connectivity index (χ0) is 11.8. The molecule has 0 spiro atoms. The summed E-state index contributed by atoms with van der Waals surface area (Å²) < 4.78 is 41.2. The quantitative estimate of drug-likeness (QED) is 0.749. The van der Waals surface area contributed by atoms with Crippen LogP contribution in [0.2, 0.25) is 0 Å². The molecule has 0 aliphatic heterocycles. The molecule has 2 rings (SSSR count). The molecule has 1 aromatic carbocycles. The maximum atomic E-state index is 12.1. The fourth-order valence-electron chi connectivity index (χ4n) is 1.38. The molecule has 0 unspecified atom stereocenters. The van der Waals surface area contributed by atoms with E-state index in [-0.39, 0.29) is 28.4 Å². The van der Waals surface area contributed by atoms with Gasteiger partial charge < -0.3 is 4.42 Å². The Hall–Kier alpha value is -1.78. The van der Waals surface area contributed by atoms with Crippen molar-refractivity contribution >= 4 is 11.0 Å². The van der Waals surface area contributed by atoms with Gasteiger partial charge in [0.15, 0.2) is 5.43 Å². The predicted molar refractivity (Wildman–Crippen MR) is 51.9 cm³/mol. The molecule has 2 nitrogen and oxygen atoms in total. The number of alkyl halides is 3. The molecule has 0 bridgehead atoms.